The molecule has 0 heterocycles. The molecule has 120 valence electrons. The van der Waals surface area contributed by atoms with Crippen molar-refractivity contribution in [2.24, 2.45) is 11.3 Å². The first-order chi connectivity index (χ1) is 10.6. The molecule has 0 radical (unpaired) electrons. The summed E-state index contributed by atoms with van der Waals surface area (Å²) in [4.78, 5) is 0. The van der Waals surface area contributed by atoms with Crippen LogP contribution in [0.5, 0.6) is 5.75 Å². The topological polar surface area (TPSA) is 29.5 Å². The molecular weight excluding hydrogens is 272 g/mol. The summed E-state index contributed by atoms with van der Waals surface area (Å²) in [7, 11) is 1.74. The molecule has 0 fully saturated rings. The Morgan fingerprint density at radius 3 is 2.77 bits per heavy atom. The Kier molecular flexibility index (Phi) is 4.31. The summed E-state index contributed by atoms with van der Waals surface area (Å²) < 4.78 is 5.38. The van der Waals surface area contributed by atoms with Crippen LogP contribution >= 0.6 is 0 Å². The fourth-order valence-electron chi connectivity index (χ4n) is 4.48. The van der Waals surface area contributed by atoms with Crippen LogP contribution in [0.3, 0.4) is 0 Å². The number of ether oxygens (including phenoxy) is 1. The van der Waals surface area contributed by atoms with Crippen molar-refractivity contribution in [3.8, 4) is 5.75 Å². The van der Waals surface area contributed by atoms with Gasteiger partial charge in [-0.05, 0) is 72.3 Å². The molecule has 3 rings (SSSR count). The molecule has 0 saturated carbocycles. The van der Waals surface area contributed by atoms with E-state index < -0.39 is 0 Å². The summed E-state index contributed by atoms with van der Waals surface area (Å²) in [6.45, 7) is 4.85. The van der Waals surface area contributed by atoms with Gasteiger partial charge in [0.1, 0.15) is 5.75 Å². The number of aryl methyl sites for hydroxylation is 1. The van der Waals surface area contributed by atoms with E-state index in [-0.39, 0.29) is 5.41 Å². The number of benzene rings is 1. The number of allylic oxidation sites excluding steroid dienone is 2. The molecule has 0 spiro atoms. The SMILES string of the molecule is CCC[C@H]1C2=C(CC[C@]1(C)CO)c1ccc(OC)cc1CC2. The molecule has 0 aliphatic heterocycles. The van der Waals surface area contributed by atoms with Gasteiger partial charge in [-0.15, -0.1) is 0 Å². The molecule has 0 unspecified atom stereocenters. The lowest BCUT2D eigenvalue weighted by Crippen LogP contribution is -2.37. The van der Waals surface area contributed by atoms with E-state index in [1.807, 2.05) is 0 Å². The Morgan fingerprint density at radius 2 is 2.09 bits per heavy atom. The Hall–Kier alpha value is -1.28. The van der Waals surface area contributed by atoms with E-state index in [9.17, 15) is 5.11 Å². The predicted molar refractivity (Wildman–Crippen MR) is 91.1 cm³/mol. The molecule has 22 heavy (non-hydrogen) atoms. The van der Waals surface area contributed by atoms with Crippen LogP contribution in [0, 0.1) is 11.3 Å². The Morgan fingerprint density at radius 1 is 1.27 bits per heavy atom. The summed E-state index contributed by atoms with van der Waals surface area (Å²) in [6, 6.07) is 6.53. The van der Waals surface area contributed by atoms with Gasteiger partial charge >= 0.3 is 0 Å². The molecule has 2 atom stereocenters. The first kappa shape index (κ1) is 15.6. The number of hydrogen-bond acceptors (Lipinski definition) is 2. The number of fused-ring (bicyclic) bond motifs is 2. The third-order valence-corrected chi connectivity index (χ3v) is 5.84. The molecule has 1 N–H and O–H groups in total. The maximum atomic E-state index is 9.96. The van der Waals surface area contributed by atoms with Crippen LogP contribution in [0.25, 0.3) is 5.57 Å². The van der Waals surface area contributed by atoms with Crippen LogP contribution < -0.4 is 4.74 Å². The number of hydrogen-bond donors (Lipinski definition) is 1. The van der Waals surface area contributed by atoms with Gasteiger partial charge in [-0.2, -0.15) is 0 Å². The van der Waals surface area contributed by atoms with E-state index >= 15 is 0 Å². The summed E-state index contributed by atoms with van der Waals surface area (Å²) in [5.74, 6) is 1.51. The minimum Gasteiger partial charge on any atom is -0.497 e. The van der Waals surface area contributed by atoms with Crippen molar-refractivity contribution in [3.63, 3.8) is 0 Å². The monoisotopic (exact) mass is 300 g/mol. The van der Waals surface area contributed by atoms with E-state index in [2.05, 4.69) is 32.0 Å². The van der Waals surface area contributed by atoms with Gasteiger partial charge < -0.3 is 9.84 Å². The molecule has 0 aromatic heterocycles. The van der Waals surface area contributed by atoms with Crippen molar-refractivity contribution in [1.29, 1.82) is 0 Å². The standard InChI is InChI=1S/C20H28O2/c1-4-5-19-18-8-6-14-12-15(22-3)7-9-16(14)17(18)10-11-20(19,2)13-21/h7,9,12,19,21H,4-6,8,10-11,13H2,1-3H3/t19-,20+/m0/s1. The quantitative estimate of drug-likeness (QED) is 0.880. The zero-order valence-corrected chi connectivity index (χ0v) is 14.1. The first-order valence-electron chi connectivity index (χ1n) is 8.63. The molecule has 1 aromatic rings. The lowest BCUT2D eigenvalue weighted by atomic mass is 9.60. The Bertz CT molecular complexity index is 587. The highest BCUT2D eigenvalue weighted by atomic mass is 16.5. The second kappa shape index (κ2) is 6.08. The zero-order valence-electron chi connectivity index (χ0n) is 14.1. The van der Waals surface area contributed by atoms with Crippen molar-refractivity contribution in [2.45, 2.75) is 52.4 Å². The third kappa shape index (κ3) is 2.48. The van der Waals surface area contributed by atoms with Crippen molar-refractivity contribution in [2.75, 3.05) is 13.7 Å². The maximum Gasteiger partial charge on any atom is 0.119 e. The fraction of sp³-hybridized carbons (Fsp3) is 0.600. The van der Waals surface area contributed by atoms with Crippen molar-refractivity contribution in [3.05, 3.63) is 34.9 Å². The van der Waals surface area contributed by atoms with Crippen molar-refractivity contribution < 1.29 is 9.84 Å². The minimum atomic E-state index is 0.0683. The highest BCUT2D eigenvalue weighted by molar-refractivity contribution is 5.75. The molecule has 2 heteroatoms. The van der Waals surface area contributed by atoms with E-state index in [1.54, 1.807) is 18.3 Å². The molecule has 2 aliphatic rings. The van der Waals surface area contributed by atoms with Gasteiger partial charge in [-0.3, -0.25) is 0 Å². The third-order valence-electron chi connectivity index (χ3n) is 5.84. The van der Waals surface area contributed by atoms with Crippen LogP contribution in [-0.2, 0) is 6.42 Å². The number of methoxy groups -OCH3 is 1. The highest BCUT2D eigenvalue weighted by Gasteiger charge is 2.41. The number of aliphatic hydroxyl groups excluding tert-OH is 1. The van der Waals surface area contributed by atoms with E-state index in [0.29, 0.717) is 12.5 Å². The maximum absolute atomic E-state index is 9.96. The van der Waals surface area contributed by atoms with Gasteiger partial charge in [0.2, 0.25) is 0 Å². The minimum absolute atomic E-state index is 0.0683. The number of rotatable bonds is 4. The Balaban J connectivity index is 2.04. The van der Waals surface area contributed by atoms with Gasteiger partial charge in [0.05, 0.1) is 7.11 Å². The second-order valence-electron chi connectivity index (χ2n) is 7.18. The van der Waals surface area contributed by atoms with Crippen LogP contribution in [0.4, 0.5) is 0 Å². The molecule has 1 aromatic carbocycles. The largest absolute Gasteiger partial charge is 0.497 e. The van der Waals surface area contributed by atoms with Gasteiger partial charge in [0, 0.05) is 6.61 Å². The van der Waals surface area contributed by atoms with Crippen molar-refractivity contribution in [1.82, 2.24) is 0 Å². The second-order valence-corrected chi connectivity index (χ2v) is 7.18. The van der Waals surface area contributed by atoms with E-state index in [4.69, 9.17) is 4.74 Å². The van der Waals surface area contributed by atoms with Crippen LogP contribution in [-0.4, -0.2) is 18.8 Å². The average molecular weight is 300 g/mol. The first-order valence-corrected chi connectivity index (χ1v) is 8.63. The fourth-order valence-corrected chi connectivity index (χ4v) is 4.48. The van der Waals surface area contributed by atoms with Crippen LogP contribution in [0.15, 0.2) is 23.8 Å². The lowest BCUT2D eigenvalue weighted by molar-refractivity contribution is 0.0746. The normalized spacial score (nSPS) is 27.4. The smallest absolute Gasteiger partial charge is 0.119 e. The summed E-state index contributed by atoms with van der Waals surface area (Å²) in [6.07, 6.45) is 6.83. The van der Waals surface area contributed by atoms with E-state index in [1.165, 1.54) is 24.0 Å². The van der Waals surface area contributed by atoms with E-state index in [0.717, 1.165) is 31.4 Å². The molecule has 2 nitrogen and oxygen atoms in total. The van der Waals surface area contributed by atoms with Gasteiger partial charge in [-0.1, -0.05) is 31.9 Å². The van der Waals surface area contributed by atoms with Crippen LogP contribution in [0.1, 0.15) is 57.1 Å². The van der Waals surface area contributed by atoms with Gasteiger partial charge in [-0.25, -0.2) is 0 Å². The molecule has 2 aliphatic carbocycles. The average Bonchev–Trinajstić information content (AvgIpc) is 2.56. The van der Waals surface area contributed by atoms with Gasteiger partial charge in [0.15, 0.2) is 0 Å². The highest BCUT2D eigenvalue weighted by Crippen LogP contribution is 2.52. The molecular formula is C20H28O2. The lowest BCUT2D eigenvalue weighted by Gasteiger charge is -2.45. The van der Waals surface area contributed by atoms with Crippen molar-refractivity contribution >= 4 is 5.57 Å². The zero-order chi connectivity index (χ0) is 15.7. The Labute approximate surface area is 134 Å². The molecule has 0 amide bonds. The summed E-state index contributed by atoms with van der Waals surface area (Å²) >= 11 is 0. The number of aliphatic hydroxyl groups is 1. The summed E-state index contributed by atoms with van der Waals surface area (Å²) in [5, 5.41) is 9.96. The summed E-state index contributed by atoms with van der Waals surface area (Å²) in [5.41, 5.74) is 6.12. The molecule has 0 bridgehead atoms. The van der Waals surface area contributed by atoms with Gasteiger partial charge in [0.25, 0.3) is 0 Å². The molecule has 0 saturated heterocycles. The van der Waals surface area contributed by atoms with Crippen LogP contribution in [0.2, 0.25) is 0 Å². The predicted octanol–water partition coefficient (Wildman–Crippen LogP) is 4.60.